The number of nitrogens with zero attached hydrogens (tertiary/aromatic N) is 3. The number of non-ortho nitro benzene ring substituents is 1. The normalized spacial score (nSPS) is 16.2. The maximum absolute atomic E-state index is 10.9. The van der Waals surface area contributed by atoms with Crippen LogP contribution in [0.3, 0.4) is 0 Å². The molecule has 0 unspecified atom stereocenters. The zero-order chi connectivity index (χ0) is 18.8. The van der Waals surface area contributed by atoms with Crippen molar-refractivity contribution in [2.45, 2.75) is 6.54 Å². The van der Waals surface area contributed by atoms with Gasteiger partial charge in [0.15, 0.2) is 11.5 Å². The Hall–Kier alpha value is -3.31. The summed E-state index contributed by atoms with van der Waals surface area (Å²) in [6.45, 7) is 4.63. The van der Waals surface area contributed by atoms with E-state index in [4.69, 9.17) is 9.47 Å². The fourth-order valence-electron chi connectivity index (χ4n) is 3.58. The number of ether oxygens (including phenoxy) is 2. The molecule has 0 atom stereocenters. The molecule has 2 aliphatic heterocycles. The molecule has 1 saturated heterocycles. The third kappa shape index (κ3) is 3.50. The first-order valence-electron chi connectivity index (χ1n) is 8.79. The lowest BCUT2D eigenvalue weighted by Crippen LogP contribution is -3.13. The molecule has 4 rings (SSSR count). The predicted octanol–water partition coefficient (Wildman–Crippen LogP) is 1.10. The Bertz CT molecular complexity index is 916. The molecule has 138 valence electrons. The minimum atomic E-state index is -0.474. The topological polar surface area (TPSA) is 93.1 Å². The Morgan fingerprint density at radius 3 is 2.67 bits per heavy atom. The Balaban J connectivity index is 1.40. The van der Waals surface area contributed by atoms with Crippen molar-refractivity contribution in [1.29, 1.82) is 5.26 Å². The van der Waals surface area contributed by atoms with E-state index in [1.54, 1.807) is 6.07 Å². The summed E-state index contributed by atoms with van der Waals surface area (Å²) in [7, 11) is 0. The van der Waals surface area contributed by atoms with E-state index >= 15 is 0 Å². The van der Waals surface area contributed by atoms with Crippen LogP contribution in [0.4, 0.5) is 11.4 Å². The minimum absolute atomic E-state index is 0.0534. The van der Waals surface area contributed by atoms with E-state index in [-0.39, 0.29) is 12.5 Å². The van der Waals surface area contributed by atoms with Crippen LogP contribution < -0.4 is 19.3 Å². The van der Waals surface area contributed by atoms with Gasteiger partial charge in [-0.3, -0.25) is 10.1 Å². The van der Waals surface area contributed by atoms with Gasteiger partial charge >= 0.3 is 0 Å². The zero-order valence-corrected chi connectivity index (χ0v) is 14.7. The highest BCUT2D eigenvalue weighted by atomic mass is 16.7. The molecule has 1 N–H and O–H groups in total. The van der Waals surface area contributed by atoms with Crippen molar-refractivity contribution >= 4 is 11.4 Å². The molecule has 0 aromatic heterocycles. The van der Waals surface area contributed by atoms with Crippen LogP contribution in [0.15, 0.2) is 36.4 Å². The molecule has 2 aromatic carbocycles. The van der Waals surface area contributed by atoms with Gasteiger partial charge in [-0.05, 0) is 24.3 Å². The Labute approximate surface area is 156 Å². The van der Waals surface area contributed by atoms with Crippen LogP contribution in [-0.2, 0) is 6.54 Å². The minimum Gasteiger partial charge on any atom is -0.454 e. The molecule has 0 radical (unpaired) electrons. The molecule has 8 nitrogen and oxygen atoms in total. The van der Waals surface area contributed by atoms with Crippen LogP contribution in [-0.4, -0.2) is 37.9 Å². The van der Waals surface area contributed by atoms with E-state index in [0.29, 0.717) is 5.56 Å². The molecular formula is C19H19N4O4+. The monoisotopic (exact) mass is 367 g/mol. The van der Waals surface area contributed by atoms with E-state index in [9.17, 15) is 15.4 Å². The number of anilines is 1. The molecular weight excluding hydrogens is 348 g/mol. The summed E-state index contributed by atoms with van der Waals surface area (Å²) in [5.74, 6) is 1.59. The number of rotatable bonds is 4. The van der Waals surface area contributed by atoms with Crippen molar-refractivity contribution in [2.75, 3.05) is 37.9 Å². The SMILES string of the molecule is N#Cc1cc([N+](=O)[O-])ccc1N1CC[NH+](Cc2ccc3c(c2)OCO3)CC1. The average molecular weight is 367 g/mol. The third-order valence-electron chi connectivity index (χ3n) is 5.01. The highest BCUT2D eigenvalue weighted by molar-refractivity contribution is 5.63. The first-order valence-corrected chi connectivity index (χ1v) is 8.79. The molecule has 0 aliphatic carbocycles. The molecule has 27 heavy (non-hydrogen) atoms. The van der Waals surface area contributed by atoms with E-state index in [1.165, 1.54) is 22.6 Å². The first kappa shape index (κ1) is 17.1. The van der Waals surface area contributed by atoms with Crippen molar-refractivity contribution < 1.29 is 19.3 Å². The van der Waals surface area contributed by atoms with Gasteiger partial charge < -0.3 is 19.3 Å². The standard InChI is InChI=1S/C19H18N4O4/c20-11-15-10-16(23(24)25)2-3-17(15)22-7-5-21(6-8-22)12-14-1-4-18-19(9-14)27-13-26-18/h1-4,9-10H,5-8,12-13H2/p+1. The summed E-state index contributed by atoms with van der Waals surface area (Å²) in [6.07, 6.45) is 0. The molecule has 2 heterocycles. The molecule has 2 aromatic rings. The summed E-state index contributed by atoms with van der Waals surface area (Å²) in [5, 5.41) is 20.3. The molecule has 0 spiro atoms. The lowest BCUT2D eigenvalue weighted by atomic mass is 10.1. The second-order valence-corrected chi connectivity index (χ2v) is 6.67. The second-order valence-electron chi connectivity index (χ2n) is 6.67. The first-order chi connectivity index (χ1) is 13.1. The number of fused-ring (bicyclic) bond motifs is 1. The Morgan fingerprint density at radius 1 is 1.15 bits per heavy atom. The number of nitro benzene ring substituents is 1. The van der Waals surface area contributed by atoms with Gasteiger partial charge in [-0.1, -0.05) is 0 Å². The van der Waals surface area contributed by atoms with Crippen LogP contribution in [0.2, 0.25) is 0 Å². The van der Waals surface area contributed by atoms with Crippen LogP contribution in [0.5, 0.6) is 11.5 Å². The Kier molecular flexibility index (Phi) is 4.52. The van der Waals surface area contributed by atoms with Crippen LogP contribution in [0.1, 0.15) is 11.1 Å². The van der Waals surface area contributed by atoms with E-state index in [2.05, 4.69) is 17.0 Å². The summed E-state index contributed by atoms with van der Waals surface area (Å²) in [6, 6.07) is 12.6. The summed E-state index contributed by atoms with van der Waals surface area (Å²) >= 11 is 0. The molecule has 2 aliphatic rings. The maximum Gasteiger partial charge on any atom is 0.270 e. The highest BCUT2D eigenvalue weighted by Crippen LogP contribution is 2.32. The van der Waals surface area contributed by atoms with E-state index in [0.717, 1.165) is 49.9 Å². The number of nitriles is 1. The zero-order valence-electron chi connectivity index (χ0n) is 14.7. The van der Waals surface area contributed by atoms with Crippen molar-refractivity contribution in [3.63, 3.8) is 0 Å². The van der Waals surface area contributed by atoms with Crippen molar-refractivity contribution in [3.05, 3.63) is 57.6 Å². The van der Waals surface area contributed by atoms with Gasteiger partial charge in [-0.25, -0.2) is 0 Å². The number of nitrogens with one attached hydrogen (secondary N) is 1. The number of nitro groups is 1. The van der Waals surface area contributed by atoms with E-state index < -0.39 is 4.92 Å². The Morgan fingerprint density at radius 2 is 1.93 bits per heavy atom. The van der Waals surface area contributed by atoms with Gasteiger partial charge in [0.25, 0.3) is 5.69 Å². The van der Waals surface area contributed by atoms with Gasteiger partial charge in [-0.2, -0.15) is 5.26 Å². The van der Waals surface area contributed by atoms with Crippen LogP contribution in [0, 0.1) is 21.4 Å². The number of benzene rings is 2. The van der Waals surface area contributed by atoms with E-state index in [1.807, 2.05) is 12.1 Å². The van der Waals surface area contributed by atoms with Gasteiger partial charge in [0.2, 0.25) is 6.79 Å². The number of quaternary nitrogens is 1. The molecule has 0 bridgehead atoms. The smallest absolute Gasteiger partial charge is 0.270 e. The average Bonchev–Trinajstić information content (AvgIpc) is 3.16. The van der Waals surface area contributed by atoms with Crippen molar-refractivity contribution in [3.8, 4) is 17.6 Å². The fourth-order valence-corrected chi connectivity index (χ4v) is 3.58. The third-order valence-corrected chi connectivity index (χ3v) is 5.01. The molecule has 0 amide bonds. The molecule has 1 fully saturated rings. The molecule has 8 heteroatoms. The lowest BCUT2D eigenvalue weighted by Gasteiger charge is -2.34. The second kappa shape index (κ2) is 7.13. The highest BCUT2D eigenvalue weighted by Gasteiger charge is 2.24. The fraction of sp³-hybridized carbons (Fsp3) is 0.316. The molecule has 0 saturated carbocycles. The van der Waals surface area contributed by atoms with Gasteiger partial charge in [-0.15, -0.1) is 0 Å². The summed E-state index contributed by atoms with van der Waals surface area (Å²) in [4.78, 5) is 14.0. The van der Waals surface area contributed by atoms with Crippen LogP contribution >= 0.6 is 0 Å². The lowest BCUT2D eigenvalue weighted by molar-refractivity contribution is -0.914. The summed E-state index contributed by atoms with van der Waals surface area (Å²) in [5.41, 5.74) is 2.27. The number of hydrogen-bond acceptors (Lipinski definition) is 6. The summed E-state index contributed by atoms with van der Waals surface area (Å²) < 4.78 is 10.8. The van der Waals surface area contributed by atoms with Gasteiger partial charge in [0.05, 0.1) is 42.4 Å². The van der Waals surface area contributed by atoms with Gasteiger partial charge in [0.1, 0.15) is 12.6 Å². The largest absolute Gasteiger partial charge is 0.454 e. The van der Waals surface area contributed by atoms with Crippen molar-refractivity contribution in [2.24, 2.45) is 0 Å². The van der Waals surface area contributed by atoms with Crippen LogP contribution in [0.25, 0.3) is 0 Å². The number of hydrogen-bond donors (Lipinski definition) is 1. The maximum atomic E-state index is 10.9. The quantitative estimate of drug-likeness (QED) is 0.643. The predicted molar refractivity (Wildman–Crippen MR) is 97.0 cm³/mol. The van der Waals surface area contributed by atoms with Crippen molar-refractivity contribution in [1.82, 2.24) is 0 Å². The number of piperazine rings is 1. The van der Waals surface area contributed by atoms with Gasteiger partial charge in [0, 0.05) is 17.7 Å².